The van der Waals surface area contributed by atoms with Crippen molar-refractivity contribution in [3.63, 3.8) is 0 Å². The van der Waals surface area contributed by atoms with Crippen molar-refractivity contribution in [3.8, 4) is 11.6 Å². The zero-order chi connectivity index (χ0) is 20.2. The van der Waals surface area contributed by atoms with E-state index in [9.17, 15) is 26.3 Å². The highest BCUT2D eigenvalue weighted by Gasteiger charge is 2.38. The van der Waals surface area contributed by atoms with Crippen LogP contribution >= 0.6 is 0 Å². The fourth-order valence-corrected chi connectivity index (χ4v) is 2.09. The van der Waals surface area contributed by atoms with Crippen molar-refractivity contribution in [1.29, 1.82) is 0 Å². The molecule has 1 heterocycles. The lowest BCUT2D eigenvalue weighted by Gasteiger charge is -2.22. The van der Waals surface area contributed by atoms with E-state index >= 15 is 0 Å². The summed E-state index contributed by atoms with van der Waals surface area (Å²) in [6.45, 7) is 0.166. The summed E-state index contributed by atoms with van der Waals surface area (Å²) in [6, 6.07) is 6.57. The lowest BCUT2D eigenvalue weighted by Crippen LogP contribution is -2.23. The molecule has 2 rings (SSSR count). The third kappa shape index (κ3) is 5.38. The van der Waals surface area contributed by atoms with Gasteiger partial charge < -0.3 is 14.4 Å². The van der Waals surface area contributed by atoms with E-state index in [2.05, 4.69) is 14.7 Å². The van der Waals surface area contributed by atoms with Gasteiger partial charge in [-0.1, -0.05) is 12.1 Å². The van der Waals surface area contributed by atoms with Crippen LogP contribution in [0.25, 0.3) is 0 Å². The molecule has 0 atom stereocenters. The van der Waals surface area contributed by atoms with E-state index in [1.165, 1.54) is 11.9 Å². The molecule has 0 aliphatic rings. The van der Waals surface area contributed by atoms with Crippen molar-refractivity contribution in [3.05, 3.63) is 36.0 Å². The molecule has 1 aromatic heterocycles. The first kappa shape index (κ1) is 20.6. The minimum atomic E-state index is -4.97. The van der Waals surface area contributed by atoms with Crippen LogP contribution in [0.5, 0.6) is 11.6 Å². The molecular weight excluding hydrogens is 380 g/mol. The van der Waals surface area contributed by atoms with Crippen LogP contribution in [0.2, 0.25) is 0 Å². The van der Waals surface area contributed by atoms with Gasteiger partial charge in [0.25, 0.3) is 0 Å². The summed E-state index contributed by atoms with van der Waals surface area (Å²) < 4.78 is 85.8. The molecule has 0 aliphatic heterocycles. The molecule has 0 radical (unpaired) electrons. The quantitative estimate of drug-likeness (QED) is 0.669. The Bertz CT molecular complexity index is 779. The monoisotopic (exact) mass is 395 g/mol. The molecule has 5 nitrogen and oxygen atoms in total. The van der Waals surface area contributed by atoms with Crippen LogP contribution in [-0.2, 0) is 6.18 Å². The highest BCUT2D eigenvalue weighted by atomic mass is 19.4. The molecule has 11 heteroatoms. The van der Waals surface area contributed by atoms with E-state index in [1.807, 2.05) is 0 Å². The first-order valence-corrected chi connectivity index (χ1v) is 7.62. The van der Waals surface area contributed by atoms with Gasteiger partial charge in [-0.3, -0.25) is 0 Å². The molecule has 0 unspecified atom stereocenters. The van der Waals surface area contributed by atoms with Crippen molar-refractivity contribution >= 4 is 11.6 Å². The first-order chi connectivity index (χ1) is 12.5. The van der Waals surface area contributed by atoms with Crippen LogP contribution in [0.1, 0.15) is 12.5 Å². The number of halogens is 6. The van der Waals surface area contributed by atoms with Crippen molar-refractivity contribution in [2.24, 2.45) is 0 Å². The van der Waals surface area contributed by atoms with Crippen LogP contribution in [0.4, 0.5) is 38.0 Å². The van der Waals surface area contributed by atoms with Gasteiger partial charge in [0.15, 0.2) is 6.61 Å². The minimum Gasteiger partial charge on any atom is -0.492 e. The van der Waals surface area contributed by atoms with Crippen molar-refractivity contribution in [2.75, 3.05) is 25.2 Å². The predicted octanol–water partition coefficient (Wildman–Crippen LogP) is 4.60. The summed E-state index contributed by atoms with van der Waals surface area (Å²) in [5, 5.41) is 0. The lowest BCUT2D eigenvalue weighted by atomic mass is 10.2. The Morgan fingerprint density at radius 3 is 2.30 bits per heavy atom. The highest BCUT2D eigenvalue weighted by molar-refractivity contribution is 5.65. The number of nitrogens with zero attached hydrogens (tertiary/aromatic N) is 3. The van der Waals surface area contributed by atoms with Gasteiger partial charge in [0, 0.05) is 13.2 Å². The number of benzene rings is 1. The number of hydrogen-bond acceptors (Lipinski definition) is 5. The van der Waals surface area contributed by atoms with Crippen LogP contribution in [-0.4, -0.2) is 36.4 Å². The number of ether oxygens (including phenoxy) is 2. The predicted molar refractivity (Wildman–Crippen MR) is 84.3 cm³/mol. The van der Waals surface area contributed by atoms with Gasteiger partial charge in [-0.2, -0.15) is 31.3 Å². The Kier molecular flexibility index (Phi) is 6.01. The molecular formula is C16H15F6N3O2. The number of aromatic nitrogens is 2. The number of hydrogen-bond donors (Lipinski definition) is 0. The molecule has 0 saturated carbocycles. The molecule has 0 N–H and O–H groups in total. The average molecular weight is 395 g/mol. The Hall–Kier alpha value is -2.72. The molecule has 0 fully saturated rings. The van der Waals surface area contributed by atoms with Crippen LogP contribution in [0.15, 0.2) is 30.5 Å². The molecule has 0 saturated heterocycles. The molecule has 0 spiro atoms. The maximum atomic E-state index is 13.0. The Morgan fingerprint density at radius 1 is 1.04 bits per heavy atom. The second-order valence-corrected chi connectivity index (χ2v) is 5.25. The summed E-state index contributed by atoms with van der Waals surface area (Å²) in [5.74, 6) is -1.08. The van der Waals surface area contributed by atoms with Crippen LogP contribution in [0.3, 0.4) is 0 Å². The van der Waals surface area contributed by atoms with Crippen LogP contribution in [0, 0.1) is 0 Å². The third-order valence-electron chi connectivity index (χ3n) is 3.25. The van der Waals surface area contributed by atoms with Crippen molar-refractivity contribution in [1.82, 2.24) is 9.97 Å². The molecule has 0 aliphatic carbocycles. The number of anilines is 2. The largest absolute Gasteiger partial charge is 0.492 e. The van der Waals surface area contributed by atoms with Gasteiger partial charge in [0.2, 0.25) is 11.8 Å². The van der Waals surface area contributed by atoms with E-state index in [4.69, 9.17) is 4.74 Å². The zero-order valence-electron chi connectivity index (χ0n) is 14.2. The molecule has 0 bridgehead atoms. The fraction of sp³-hybridized carbons (Fsp3) is 0.375. The second-order valence-electron chi connectivity index (χ2n) is 5.25. The number of alkyl halides is 6. The van der Waals surface area contributed by atoms with Gasteiger partial charge in [-0.15, -0.1) is 0 Å². The Morgan fingerprint density at radius 2 is 1.70 bits per heavy atom. The average Bonchev–Trinajstić information content (AvgIpc) is 2.58. The molecule has 148 valence electrons. The van der Waals surface area contributed by atoms with E-state index < -0.39 is 30.4 Å². The molecule has 2 aromatic rings. The van der Waals surface area contributed by atoms with Crippen LogP contribution < -0.4 is 14.4 Å². The Labute approximate surface area is 150 Å². The Balaban J connectivity index is 2.43. The maximum Gasteiger partial charge on any atom is 0.423 e. The minimum absolute atomic E-state index is 0.285. The summed E-state index contributed by atoms with van der Waals surface area (Å²) >= 11 is 0. The topological polar surface area (TPSA) is 47.5 Å². The first-order valence-electron chi connectivity index (χ1n) is 7.62. The normalized spacial score (nSPS) is 12.0. The fourth-order valence-electron chi connectivity index (χ4n) is 2.09. The summed E-state index contributed by atoms with van der Waals surface area (Å²) in [6.07, 6.45) is -9.41. The van der Waals surface area contributed by atoms with Gasteiger partial charge in [0.1, 0.15) is 11.3 Å². The zero-order valence-corrected chi connectivity index (χ0v) is 14.2. The van der Waals surface area contributed by atoms with Crippen molar-refractivity contribution < 1.29 is 35.8 Å². The highest BCUT2D eigenvalue weighted by Crippen LogP contribution is 2.37. The maximum absolute atomic E-state index is 13.0. The molecule has 1 aromatic carbocycles. The van der Waals surface area contributed by atoms with Gasteiger partial charge in [-0.05, 0) is 19.1 Å². The SMILES string of the molecule is CCOc1ccccc1N(C)c1ncc(C(F)(F)F)c(OCC(F)(F)F)n1. The van der Waals surface area contributed by atoms with E-state index in [0.717, 1.165) is 0 Å². The molecule has 27 heavy (non-hydrogen) atoms. The number of para-hydroxylation sites is 2. The number of rotatable bonds is 6. The van der Waals surface area contributed by atoms with E-state index in [1.54, 1.807) is 31.2 Å². The lowest BCUT2D eigenvalue weighted by molar-refractivity contribution is -0.159. The molecule has 0 amide bonds. The standard InChI is InChI=1S/C16H15F6N3O2/c1-3-26-12-7-5-4-6-11(12)25(2)14-23-8-10(16(20,21)22)13(24-14)27-9-15(17,18)19/h4-8H,3,9H2,1-2H3. The van der Waals surface area contributed by atoms with Gasteiger partial charge >= 0.3 is 12.4 Å². The summed E-state index contributed by atoms with van der Waals surface area (Å²) in [4.78, 5) is 8.43. The third-order valence-corrected chi connectivity index (χ3v) is 3.25. The van der Waals surface area contributed by atoms with E-state index in [-0.39, 0.29) is 5.95 Å². The second kappa shape index (κ2) is 7.89. The summed E-state index contributed by atoms with van der Waals surface area (Å²) in [5.41, 5.74) is -1.08. The summed E-state index contributed by atoms with van der Waals surface area (Å²) in [7, 11) is 1.44. The smallest absolute Gasteiger partial charge is 0.423 e. The van der Waals surface area contributed by atoms with Crippen molar-refractivity contribution in [2.45, 2.75) is 19.3 Å². The van der Waals surface area contributed by atoms with Gasteiger partial charge in [-0.25, -0.2) is 4.98 Å². The van der Waals surface area contributed by atoms with E-state index in [0.29, 0.717) is 24.2 Å². The van der Waals surface area contributed by atoms with Gasteiger partial charge in [0.05, 0.1) is 12.3 Å².